The van der Waals surface area contributed by atoms with Crippen molar-refractivity contribution in [1.82, 2.24) is 15.6 Å². The van der Waals surface area contributed by atoms with Gasteiger partial charge < -0.3 is 10.6 Å². The number of hydrogen-bond donors (Lipinski definition) is 2. The zero-order chi connectivity index (χ0) is 13.7. The van der Waals surface area contributed by atoms with Crippen molar-refractivity contribution in [1.29, 1.82) is 0 Å². The maximum Gasteiger partial charge on any atom is 0.251 e. The Morgan fingerprint density at radius 1 is 1.32 bits per heavy atom. The van der Waals surface area contributed by atoms with E-state index in [9.17, 15) is 4.79 Å². The molecule has 0 spiro atoms. The molecule has 1 aliphatic rings. The van der Waals surface area contributed by atoms with Crippen molar-refractivity contribution in [2.75, 3.05) is 6.54 Å². The topological polar surface area (TPSA) is 54.0 Å². The van der Waals surface area contributed by atoms with Crippen molar-refractivity contribution in [3.63, 3.8) is 0 Å². The minimum Gasteiger partial charge on any atom is -0.349 e. The van der Waals surface area contributed by atoms with E-state index in [2.05, 4.69) is 22.5 Å². The Morgan fingerprint density at radius 2 is 2.00 bits per heavy atom. The van der Waals surface area contributed by atoms with E-state index in [0.29, 0.717) is 17.6 Å². The van der Waals surface area contributed by atoms with Crippen LogP contribution >= 0.6 is 0 Å². The summed E-state index contributed by atoms with van der Waals surface area (Å²) in [4.78, 5) is 16.2. The van der Waals surface area contributed by atoms with Crippen molar-refractivity contribution < 1.29 is 4.79 Å². The molecule has 2 N–H and O–H groups in total. The molecule has 19 heavy (non-hydrogen) atoms. The predicted octanol–water partition coefficient (Wildman–Crippen LogP) is 2.04. The Labute approximate surface area is 115 Å². The van der Waals surface area contributed by atoms with Crippen LogP contribution in [0.3, 0.4) is 0 Å². The molecule has 4 nitrogen and oxygen atoms in total. The predicted molar refractivity (Wildman–Crippen MR) is 76.2 cm³/mol. The number of aromatic nitrogens is 1. The average molecular weight is 261 g/mol. The lowest BCUT2D eigenvalue weighted by Crippen LogP contribution is -2.42. The van der Waals surface area contributed by atoms with Crippen LogP contribution in [0.1, 0.15) is 48.7 Å². The quantitative estimate of drug-likeness (QED) is 0.872. The van der Waals surface area contributed by atoms with Gasteiger partial charge in [0.25, 0.3) is 5.91 Å². The van der Waals surface area contributed by atoms with Gasteiger partial charge in [-0.05, 0) is 51.3 Å². The highest BCUT2D eigenvalue weighted by Crippen LogP contribution is 2.19. The van der Waals surface area contributed by atoms with Crippen LogP contribution in [-0.4, -0.2) is 29.5 Å². The number of nitrogens with zero attached hydrogens (tertiary/aromatic N) is 1. The van der Waals surface area contributed by atoms with Crippen LogP contribution in [0.2, 0.25) is 0 Å². The normalized spacial score (nSPS) is 23.1. The third-order valence-corrected chi connectivity index (χ3v) is 3.71. The fourth-order valence-corrected chi connectivity index (χ4v) is 2.69. The summed E-state index contributed by atoms with van der Waals surface area (Å²) in [7, 11) is 0. The highest BCUT2D eigenvalue weighted by molar-refractivity contribution is 5.94. The third kappa shape index (κ3) is 4.03. The minimum atomic E-state index is 0.0254. The van der Waals surface area contributed by atoms with Crippen LogP contribution in [-0.2, 0) is 0 Å². The SMILES string of the molecule is CCNC1CCC(NC(=O)c2ccnc(C)c2)CC1. The van der Waals surface area contributed by atoms with Crippen molar-refractivity contribution in [2.24, 2.45) is 0 Å². The first-order valence-corrected chi connectivity index (χ1v) is 7.16. The number of hydrogen-bond acceptors (Lipinski definition) is 3. The molecule has 0 radical (unpaired) electrons. The highest BCUT2D eigenvalue weighted by Gasteiger charge is 2.22. The summed E-state index contributed by atoms with van der Waals surface area (Å²) in [6, 6.07) is 4.55. The van der Waals surface area contributed by atoms with Crippen molar-refractivity contribution >= 4 is 5.91 Å². The van der Waals surface area contributed by atoms with E-state index in [4.69, 9.17) is 0 Å². The van der Waals surface area contributed by atoms with E-state index in [1.54, 1.807) is 12.3 Å². The molecule has 1 aromatic rings. The van der Waals surface area contributed by atoms with Gasteiger partial charge in [0.15, 0.2) is 0 Å². The second-order valence-electron chi connectivity index (χ2n) is 5.27. The zero-order valence-electron chi connectivity index (χ0n) is 11.8. The Bertz CT molecular complexity index is 425. The van der Waals surface area contributed by atoms with E-state index in [0.717, 1.165) is 37.9 Å². The maximum absolute atomic E-state index is 12.1. The number of amides is 1. The first kappa shape index (κ1) is 14.0. The molecule has 1 amide bonds. The summed E-state index contributed by atoms with van der Waals surface area (Å²) in [5, 5.41) is 6.61. The van der Waals surface area contributed by atoms with E-state index in [1.807, 2.05) is 13.0 Å². The van der Waals surface area contributed by atoms with Crippen LogP contribution in [0.4, 0.5) is 0 Å². The number of aryl methyl sites for hydroxylation is 1. The van der Waals surface area contributed by atoms with E-state index in [1.165, 1.54) is 0 Å². The molecule has 0 saturated heterocycles. The standard InChI is InChI=1S/C15H23N3O/c1-3-16-13-4-6-14(7-5-13)18-15(19)12-8-9-17-11(2)10-12/h8-10,13-14,16H,3-7H2,1-2H3,(H,18,19). The van der Waals surface area contributed by atoms with Gasteiger partial charge >= 0.3 is 0 Å². The molecule has 1 aromatic heterocycles. The summed E-state index contributed by atoms with van der Waals surface area (Å²) in [6.07, 6.45) is 6.11. The maximum atomic E-state index is 12.1. The molecule has 0 aromatic carbocycles. The van der Waals surface area contributed by atoms with Gasteiger partial charge in [-0.15, -0.1) is 0 Å². The third-order valence-electron chi connectivity index (χ3n) is 3.71. The fraction of sp³-hybridized carbons (Fsp3) is 0.600. The van der Waals surface area contributed by atoms with Gasteiger partial charge in [-0.25, -0.2) is 0 Å². The van der Waals surface area contributed by atoms with Gasteiger partial charge in [-0.2, -0.15) is 0 Å². The molecule has 0 unspecified atom stereocenters. The molecule has 0 atom stereocenters. The number of carbonyl (C=O) groups excluding carboxylic acids is 1. The summed E-state index contributed by atoms with van der Waals surface area (Å²) in [5.41, 5.74) is 1.59. The molecule has 4 heteroatoms. The van der Waals surface area contributed by atoms with Crippen molar-refractivity contribution in [3.05, 3.63) is 29.6 Å². The first-order valence-electron chi connectivity index (χ1n) is 7.16. The van der Waals surface area contributed by atoms with Crippen molar-refractivity contribution in [2.45, 2.75) is 51.6 Å². The van der Waals surface area contributed by atoms with E-state index >= 15 is 0 Å². The van der Waals surface area contributed by atoms with Crippen LogP contribution in [0.5, 0.6) is 0 Å². The van der Waals surface area contributed by atoms with Gasteiger partial charge in [0.2, 0.25) is 0 Å². The number of rotatable bonds is 4. The van der Waals surface area contributed by atoms with Crippen LogP contribution < -0.4 is 10.6 Å². The Balaban J connectivity index is 1.84. The summed E-state index contributed by atoms with van der Waals surface area (Å²) >= 11 is 0. The summed E-state index contributed by atoms with van der Waals surface area (Å²) in [5.74, 6) is 0.0254. The zero-order valence-corrected chi connectivity index (χ0v) is 11.8. The first-order chi connectivity index (χ1) is 9.19. The second-order valence-corrected chi connectivity index (χ2v) is 5.27. The number of carbonyl (C=O) groups is 1. The number of nitrogens with one attached hydrogen (secondary N) is 2. The van der Waals surface area contributed by atoms with Crippen LogP contribution in [0.15, 0.2) is 18.3 Å². The monoisotopic (exact) mass is 261 g/mol. The molecule has 0 aliphatic heterocycles. The smallest absolute Gasteiger partial charge is 0.251 e. The van der Waals surface area contributed by atoms with Crippen LogP contribution in [0, 0.1) is 6.92 Å². The number of pyridine rings is 1. The minimum absolute atomic E-state index is 0.0254. The molecule has 104 valence electrons. The second kappa shape index (κ2) is 6.66. The molecule has 1 saturated carbocycles. The lowest BCUT2D eigenvalue weighted by molar-refractivity contribution is 0.0924. The summed E-state index contributed by atoms with van der Waals surface area (Å²) in [6.45, 7) is 5.07. The highest BCUT2D eigenvalue weighted by atomic mass is 16.1. The molecule has 1 aliphatic carbocycles. The molecule has 1 fully saturated rings. The van der Waals surface area contributed by atoms with Gasteiger partial charge in [-0.1, -0.05) is 6.92 Å². The molecule has 0 bridgehead atoms. The van der Waals surface area contributed by atoms with E-state index < -0.39 is 0 Å². The lowest BCUT2D eigenvalue weighted by Gasteiger charge is -2.29. The van der Waals surface area contributed by atoms with Crippen LogP contribution in [0.25, 0.3) is 0 Å². The Kier molecular flexibility index (Phi) is 4.91. The fourth-order valence-electron chi connectivity index (χ4n) is 2.69. The van der Waals surface area contributed by atoms with Gasteiger partial charge in [-0.3, -0.25) is 9.78 Å². The molecular weight excluding hydrogens is 238 g/mol. The molecular formula is C15H23N3O. The Morgan fingerprint density at radius 3 is 2.63 bits per heavy atom. The van der Waals surface area contributed by atoms with Gasteiger partial charge in [0, 0.05) is 29.5 Å². The van der Waals surface area contributed by atoms with Crippen molar-refractivity contribution in [3.8, 4) is 0 Å². The average Bonchev–Trinajstić information content (AvgIpc) is 2.41. The lowest BCUT2D eigenvalue weighted by atomic mass is 9.91. The Hall–Kier alpha value is -1.42. The molecule has 2 rings (SSSR count). The largest absolute Gasteiger partial charge is 0.349 e. The van der Waals surface area contributed by atoms with E-state index in [-0.39, 0.29) is 5.91 Å². The molecule has 1 heterocycles. The van der Waals surface area contributed by atoms with Gasteiger partial charge in [0.1, 0.15) is 0 Å². The van der Waals surface area contributed by atoms with Gasteiger partial charge in [0.05, 0.1) is 0 Å². The summed E-state index contributed by atoms with van der Waals surface area (Å²) < 4.78 is 0.